The molecule has 1 atom stereocenters. The smallest absolute Gasteiger partial charge is 0.471 e. The first-order valence-corrected chi connectivity index (χ1v) is 11.7. The van der Waals surface area contributed by atoms with Crippen LogP contribution in [0.1, 0.15) is 11.1 Å². The van der Waals surface area contributed by atoms with E-state index in [4.69, 9.17) is 11.8 Å². The zero-order valence-corrected chi connectivity index (χ0v) is 19.4. The van der Waals surface area contributed by atoms with E-state index in [0.29, 0.717) is 4.90 Å². The molecule has 0 aliphatic carbocycles. The Morgan fingerprint density at radius 3 is 1.62 bits per heavy atom. The molecule has 0 saturated heterocycles. The molecule has 1 N–H and O–H groups in total. The third-order valence-electron chi connectivity index (χ3n) is 4.88. The highest BCUT2D eigenvalue weighted by Crippen LogP contribution is 2.39. The molecule has 2 rings (SSSR count). The van der Waals surface area contributed by atoms with Gasteiger partial charge >= 0.3 is 23.6 Å². The Labute approximate surface area is 191 Å². The summed E-state index contributed by atoms with van der Waals surface area (Å²) < 4.78 is 40.6. The third kappa shape index (κ3) is 6.10. The highest BCUT2D eigenvalue weighted by Gasteiger charge is 2.59. The Kier molecular flexibility index (Phi) is 8.86. The van der Waals surface area contributed by atoms with E-state index in [9.17, 15) is 27.9 Å². The molecule has 32 heavy (non-hydrogen) atoms. The molecular weight excluding hydrogens is 462 g/mol. The number of alkyl halides is 3. The Morgan fingerprint density at radius 2 is 1.31 bits per heavy atom. The number of hydrogen-bond acceptors (Lipinski definition) is 5. The van der Waals surface area contributed by atoms with Gasteiger partial charge in [0.25, 0.3) is 0 Å². The maximum atomic E-state index is 13.5. The second-order valence-electron chi connectivity index (χ2n) is 7.20. The van der Waals surface area contributed by atoms with Crippen LogP contribution in [-0.2, 0) is 34.5 Å². The molecule has 0 fully saturated rings. The fourth-order valence-electron chi connectivity index (χ4n) is 3.46. The number of carbonyl (C=O) groups excluding carboxylic acids is 1. The van der Waals surface area contributed by atoms with Crippen molar-refractivity contribution < 1.29 is 27.9 Å². The van der Waals surface area contributed by atoms with Gasteiger partial charge in [-0.3, -0.25) is 14.5 Å². The van der Waals surface area contributed by atoms with Crippen molar-refractivity contribution >= 4 is 31.0 Å². The van der Waals surface area contributed by atoms with Gasteiger partial charge in [0.15, 0.2) is 11.8 Å². The zero-order chi connectivity index (χ0) is 23.9. The van der Waals surface area contributed by atoms with Crippen molar-refractivity contribution in [1.29, 1.82) is 0 Å². The average Bonchev–Trinajstić information content (AvgIpc) is 2.74. The lowest BCUT2D eigenvalue weighted by Crippen LogP contribution is -2.68. The lowest BCUT2D eigenvalue weighted by atomic mass is 10.2. The molecule has 0 aromatic heterocycles. The van der Waals surface area contributed by atoms with E-state index in [0.717, 1.165) is 11.1 Å². The summed E-state index contributed by atoms with van der Waals surface area (Å²) in [5, 5.41) is 9.37. The van der Waals surface area contributed by atoms with E-state index in [1.807, 2.05) is 0 Å². The number of halogens is 3. The summed E-state index contributed by atoms with van der Waals surface area (Å²) in [5.41, 5.74) is -0.266. The van der Waals surface area contributed by atoms with Crippen molar-refractivity contribution in [2.24, 2.45) is 0 Å². The van der Waals surface area contributed by atoms with Gasteiger partial charge in [0.1, 0.15) is 6.54 Å². The van der Waals surface area contributed by atoms with Crippen LogP contribution in [0.5, 0.6) is 0 Å². The van der Waals surface area contributed by atoms with Crippen LogP contribution in [-0.4, -0.2) is 64.0 Å². The molecule has 6 nitrogen and oxygen atoms in total. The second-order valence-corrected chi connectivity index (χ2v) is 8.69. The normalized spacial score (nSPS) is 12.3. The fourth-order valence-corrected chi connectivity index (χ4v) is 5.49. The van der Waals surface area contributed by atoms with E-state index in [1.54, 1.807) is 60.7 Å². The summed E-state index contributed by atoms with van der Waals surface area (Å²) in [4.78, 5) is 27.3. The number of carbonyl (C=O) groups is 2. The maximum absolute atomic E-state index is 13.5. The molecule has 1 amide bonds. The van der Waals surface area contributed by atoms with E-state index < -0.39 is 37.5 Å². The molecule has 0 bridgehead atoms. The predicted molar refractivity (Wildman–Crippen MR) is 120 cm³/mol. The number of amides is 1. The number of hydrogen-bond donors (Lipinski definition) is 1. The quantitative estimate of drug-likeness (QED) is 0.410. The summed E-state index contributed by atoms with van der Waals surface area (Å²) in [6.45, 7) is -0.865. The maximum Gasteiger partial charge on any atom is 0.471 e. The van der Waals surface area contributed by atoms with Crippen molar-refractivity contribution in [1.82, 2.24) is 14.7 Å². The van der Waals surface area contributed by atoms with Gasteiger partial charge in [0.2, 0.25) is 7.36 Å². The topological polar surface area (TPSA) is 64.1 Å². The van der Waals surface area contributed by atoms with E-state index >= 15 is 0 Å². The number of rotatable bonds is 10. The van der Waals surface area contributed by atoms with Crippen molar-refractivity contribution in [3.8, 4) is 0 Å². The van der Waals surface area contributed by atoms with Gasteiger partial charge in [-0.15, -0.1) is 0 Å². The van der Waals surface area contributed by atoms with Gasteiger partial charge < -0.3 is 5.11 Å². The lowest BCUT2D eigenvalue weighted by Gasteiger charge is -2.45. The van der Waals surface area contributed by atoms with E-state index in [1.165, 1.54) is 23.9 Å². The van der Waals surface area contributed by atoms with Crippen LogP contribution in [0, 0.1) is 0 Å². The highest BCUT2D eigenvalue weighted by atomic mass is 32.4. The Hall–Kier alpha value is -2.39. The van der Waals surface area contributed by atoms with Crippen molar-refractivity contribution in [2.45, 2.75) is 24.8 Å². The van der Waals surface area contributed by atoms with Crippen LogP contribution in [0.4, 0.5) is 13.2 Å². The van der Waals surface area contributed by atoms with Gasteiger partial charge in [-0.1, -0.05) is 60.7 Å². The standard InChI is InChI=1S/C21H23F3N3O3PS/c1-25(13-16-9-5-3-6-10-16)21(31-32,26(2)14-17-11-7-4-8-12-17)27(15-18(28)29)19(30)20(22,23)24/h3-12H,13-15H2,1-2H3,(H,28,29)/p+1. The van der Waals surface area contributed by atoms with Gasteiger partial charge in [-0.25, -0.2) is 9.80 Å². The van der Waals surface area contributed by atoms with Crippen LogP contribution < -0.4 is 0 Å². The molecule has 2 aromatic rings. The molecule has 0 aliphatic rings. The third-order valence-corrected chi connectivity index (χ3v) is 7.01. The molecule has 0 aliphatic heterocycles. The van der Waals surface area contributed by atoms with Crippen molar-refractivity contribution in [3.05, 3.63) is 71.8 Å². The highest BCUT2D eigenvalue weighted by molar-refractivity contribution is 7.97. The summed E-state index contributed by atoms with van der Waals surface area (Å²) >= 11 is 5.33. The zero-order valence-electron chi connectivity index (χ0n) is 17.5. The van der Waals surface area contributed by atoms with E-state index in [-0.39, 0.29) is 13.1 Å². The number of carboxylic acid groups (broad SMARTS) is 1. The summed E-state index contributed by atoms with van der Waals surface area (Å²) in [6, 6.07) is 17.9. The Bertz CT molecular complexity index is 885. The second kappa shape index (κ2) is 11.0. The molecule has 1 unspecified atom stereocenters. The minimum Gasteiger partial charge on any atom is -0.480 e. The Balaban J connectivity index is 2.60. The number of benzene rings is 2. The number of nitrogens with zero attached hydrogens (tertiary/aromatic N) is 3. The van der Waals surface area contributed by atoms with Gasteiger partial charge in [0.05, 0.1) is 0 Å². The monoisotopic (exact) mass is 486 g/mol. The van der Waals surface area contributed by atoms with Crippen LogP contribution >= 0.6 is 7.36 Å². The number of aliphatic carboxylic acids is 1. The molecule has 0 heterocycles. The first-order valence-electron chi connectivity index (χ1n) is 9.52. The largest absolute Gasteiger partial charge is 0.480 e. The molecule has 172 valence electrons. The van der Waals surface area contributed by atoms with Gasteiger partial charge in [-0.05, 0) is 25.2 Å². The summed E-state index contributed by atoms with van der Waals surface area (Å²) in [5.74, 6) is -3.82. The summed E-state index contributed by atoms with van der Waals surface area (Å²) in [6.07, 6.45) is -5.27. The van der Waals surface area contributed by atoms with Gasteiger partial charge in [-0.2, -0.15) is 13.2 Å². The summed E-state index contributed by atoms with van der Waals surface area (Å²) in [7, 11) is 2.38. The van der Waals surface area contributed by atoms with Crippen molar-refractivity contribution in [2.75, 3.05) is 20.6 Å². The first-order chi connectivity index (χ1) is 15.0. The van der Waals surface area contributed by atoms with Crippen LogP contribution in [0.3, 0.4) is 0 Å². The Morgan fingerprint density at radius 1 is 0.906 bits per heavy atom. The fraction of sp³-hybridized carbons (Fsp3) is 0.333. The minimum absolute atomic E-state index is 0.144. The molecule has 0 saturated carbocycles. The van der Waals surface area contributed by atoms with Crippen molar-refractivity contribution in [3.63, 3.8) is 0 Å². The molecule has 0 spiro atoms. The SMILES string of the molecule is CN(Cc1ccccc1)C([PH+]=S)(N(C)Cc1ccccc1)N(CC(=O)O)C(=O)C(F)(F)F. The van der Waals surface area contributed by atoms with Crippen LogP contribution in [0.2, 0.25) is 0 Å². The predicted octanol–water partition coefficient (Wildman–Crippen LogP) is 3.48. The average molecular weight is 486 g/mol. The van der Waals surface area contributed by atoms with E-state index in [2.05, 4.69) is 0 Å². The van der Waals surface area contributed by atoms with Crippen LogP contribution in [0.25, 0.3) is 0 Å². The number of carboxylic acids is 1. The first kappa shape index (κ1) is 25.9. The molecular formula is C21H24F3N3O3PS+. The molecule has 2 aromatic carbocycles. The minimum atomic E-state index is -5.27. The lowest BCUT2D eigenvalue weighted by molar-refractivity contribution is -0.204. The molecule has 11 heteroatoms. The molecule has 0 radical (unpaired) electrons. The van der Waals surface area contributed by atoms with Crippen LogP contribution in [0.15, 0.2) is 60.7 Å². The van der Waals surface area contributed by atoms with Gasteiger partial charge in [0, 0.05) is 13.1 Å².